The molecule has 0 aromatic heterocycles. The van der Waals surface area contributed by atoms with Crippen LogP contribution in [-0.2, 0) is 22.6 Å². The van der Waals surface area contributed by atoms with E-state index in [1.54, 1.807) is 0 Å². The Kier molecular flexibility index (Phi) is 3.18. The van der Waals surface area contributed by atoms with Crippen LogP contribution in [0, 0.1) is 0 Å². The molecule has 0 atom stereocenters. The molecule has 1 heterocycles. The second-order valence-corrected chi connectivity index (χ2v) is 3.70. The average molecular weight is 231 g/mol. The molecule has 0 aliphatic carbocycles. The number of carbonyl (C=O) groups is 2. The van der Waals surface area contributed by atoms with Crippen molar-refractivity contribution in [2.45, 2.75) is 19.9 Å². The predicted octanol–water partition coefficient (Wildman–Crippen LogP) is 0.351. The number of benzene rings is 1. The standard InChI is InChI=1S/C12H13N3O2/c1-2-8-5-3-4-6-9(8)7-13-12-14-10(16)11(17)15-12/h3-6H,2,7H2,1H3,(H2,13,14,15,16,17). The second-order valence-electron chi connectivity index (χ2n) is 3.70. The van der Waals surface area contributed by atoms with Gasteiger partial charge in [0.25, 0.3) is 0 Å². The first kappa shape index (κ1) is 11.3. The van der Waals surface area contributed by atoms with Crippen molar-refractivity contribution in [3.05, 3.63) is 35.4 Å². The van der Waals surface area contributed by atoms with Crippen LogP contribution >= 0.6 is 0 Å². The van der Waals surface area contributed by atoms with Gasteiger partial charge in [0.05, 0.1) is 6.54 Å². The van der Waals surface area contributed by atoms with Gasteiger partial charge < -0.3 is 0 Å². The van der Waals surface area contributed by atoms with Crippen LogP contribution in [0.4, 0.5) is 0 Å². The van der Waals surface area contributed by atoms with E-state index in [-0.39, 0.29) is 5.96 Å². The largest absolute Gasteiger partial charge is 0.316 e. The van der Waals surface area contributed by atoms with E-state index >= 15 is 0 Å². The third kappa shape index (κ3) is 2.50. The average Bonchev–Trinajstić information content (AvgIpc) is 2.66. The Morgan fingerprint density at radius 3 is 2.24 bits per heavy atom. The lowest BCUT2D eigenvalue weighted by atomic mass is 10.1. The summed E-state index contributed by atoms with van der Waals surface area (Å²) in [6.07, 6.45) is 0.930. The summed E-state index contributed by atoms with van der Waals surface area (Å²) >= 11 is 0. The number of carbonyl (C=O) groups excluding carboxylic acids is 2. The molecule has 0 bridgehead atoms. The van der Waals surface area contributed by atoms with Gasteiger partial charge in [0, 0.05) is 0 Å². The van der Waals surface area contributed by atoms with Crippen LogP contribution in [0.3, 0.4) is 0 Å². The molecule has 2 amide bonds. The summed E-state index contributed by atoms with van der Waals surface area (Å²) in [5, 5.41) is 4.72. The van der Waals surface area contributed by atoms with Crippen LogP contribution in [0.25, 0.3) is 0 Å². The fourth-order valence-corrected chi connectivity index (χ4v) is 1.66. The van der Waals surface area contributed by atoms with E-state index in [9.17, 15) is 9.59 Å². The molecule has 0 unspecified atom stereocenters. The number of aryl methyl sites for hydroxylation is 1. The third-order valence-electron chi connectivity index (χ3n) is 2.58. The predicted molar refractivity (Wildman–Crippen MR) is 63.2 cm³/mol. The van der Waals surface area contributed by atoms with Gasteiger partial charge in [0.2, 0.25) is 5.96 Å². The van der Waals surface area contributed by atoms with Gasteiger partial charge in [-0.2, -0.15) is 0 Å². The molecule has 17 heavy (non-hydrogen) atoms. The van der Waals surface area contributed by atoms with Crippen molar-refractivity contribution < 1.29 is 9.59 Å². The van der Waals surface area contributed by atoms with Gasteiger partial charge >= 0.3 is 11.8 Å². The molecule has 0 spiro atoms. The van der Waals surface area contributed by atoms with Crippen molar-refractivity contribution in [2.75, 3.05) is 0 Å². The van der Waals surface area contributed by atoms with E-state index in [1.165, 1.54) is 5.56 Å². The molecule has 5 nitrogen and oxygen atoms in total. The molecule has 1 saturated heterocycles. The fraction of sp³-hybridized carbons (Fsp3) is 0.250. The molecule has 1 aromatic rings. The summed E-state index contributed by atoms with van der Waals surface area (Å²) in [6.45, 7) is 2.52. The maximum Gasteiger partial charge on any atom is 0.316 e. The molecule has 1 aliphatic heterocycles. The number of guanidine groups is 1. The molecular formula is C12H13N3O2. The van der Waals surface area contributed by atoms with Crippen molar-refractivity contribution in [1.29, 1.82) is 0 Å². The minimum atomic E-state index is -0.660. The van der Waals surface area contributed by atoms with Crippen molar-refractivity contribution in [3.8, 4) is 0 Å². The number of amides is 2. The topological polar surface area (TPSA) is 70.6 Å². The molecule has 5 heteroatoms. The molecule has 0 radical (unpaired) electrons. The molecule has 1 fully saturated rings. The summed E-state index contributed by atoms with van der Waals surface area (Å²) in [6, 6.07) is 7.96. The van der Waals surface area contributed by atoms with Crippen LogP contribution in [0.2, 0.25) is 0 Å². The zero-order valence-corrected chi connectivity index (χ0v) is 9.49. The van der Waals surface area contributed by atoms with E-state index in [0.717, 1.165) is 12.0 Å². The minimum absolute atomic E-state index is 0.228. The normalized spacial score (nSPS) is 14.5. The first-order valence-corrected chi connectivity index (χ1v) is 5.44. The summed E-state index contributed by atoms with van der Waals surface area (Å²) < 4.78 is 0. The van der Waals surface area contributed by atoms with Gasteiger partial charge in [0.1, 0.15) is 0 Å². The van der Waals surface area contributed by atoms with Gasteiger partial charge in [0.15, 0.2) is 0 Å². The highest BCUT2D eigenvalue weighted by atomic mass is 16.2. The van der Waals surface area contributed by atoms with Gasteiger partial charge in [-0.25, -0.2) is 4.99 Å². The Bertz CT molecular complexity index is 476. The number of rotatable bonds is 3. The van der Waals surface area contributed by atoms with Crippen LogP contribution in [0.5, 0.6) is 0 Å². The Hall–Kier alpha value is -2.17. The first-order chi connectivity index (χ1) is 8.20. The zero-order chi connectivity index (χ0) is 12.3. The Balaban J connectivity index is 2.10. The third-order valence-corrected chi connectivity index (χ3v) is 2.58. The Labute approximate surface area is 98.9 Å². The van der Waals surface area contributed by atoms with Crippen molar-refractivity contribution >= 4 is 17.8 Å². The number of hydrogen-bond acceptors (Lipinski definition) is 3. The van der Waals surface area contributed by atoms with E-state index in [1.807, 2.05) is 24.3 Å². The van der Waals surface area contributed by atoms with Gasteiger partial charge in [-0.1, -0.05) is 31.2 Å². The molecule has 88 valence electrons. The molecule has 1 aromatic carbocycles. The molecule has 1 aliphatic rings. The lowest BCUT2D eigenvalue weighted by molar-refractivity contribution is -0.135. The van der Waals surface area contributed by atoms with Crippen molar-refractivity contribution in [3.63, 3.8) is 0 Å². The summed E-state index contributed by atoms with van der Waals surface area (Å²) in [4.78, 5) is 26.0. The van der Waals surface area contributed by atoms with Crippen LogP contribution in [-0.4, -0.2) is 17.8 Å². The van der Waals surface area contributed by atoms with Crippen molar-refractivity contribution in [2.24, 2.45) is 4.99 Å². The van der Waals surface area contributed by atoms with E-state index in [4.69, 9.17) is 0 Å². The van der Waals surface area contributed by atoms with Gasteiger partial charge in [-0.05, 0) is 17.5 Å². The molecular weight excluding hydrogens is 218 g/mol. The maximum atomic E-state index is 10.9. The number of nitrogens with one attached hydrogen (secondary N) is 2. The Morgan fingerprint density at radius 2 is 1.65 bits per heavy atom. The fourth-order valence-electron chi connectivity index (χ4n) is 1.66. The maximum absolute atomic E-state index is 10.9. The van der Waals surface area contributed by atoms with E-state index in [0.29, 0.717) is 6.54 Å². The quantitative estimate of drug-likeness (QED) is 0.737. The monoisotopic (exact) mass is 231 g/mol. The number of hydrogen-bond donors (Lipinski definition) is 2. The lowest BCUT2D eigenvalue weighted by Gasteiger charge is -2.04. The van der Waals surface area contributed by atoms with E-state index in [2.05, 4.69) is 22.5 Å². The van der Waals surface area contributed by atoms with Crippen LogP contribution < -0.4 is 10.6 Å². The number of nitrogens with zero attached hydrogens (tertiary/aromatic N) is 1. The highest BCUT2D eigenvalue weighted by Gasteiger charge is 2.24. The SMILES string of the molecule is CCc1ccccc1CN=C1NC(=O)C(=O)N1. The number of aliphatic imine (C=N–C) groups is 1. The highest BCUT2D eigenvalue weighted by Crippen LogP contribution is 2.10. The molecule has 2 N–H and O–H groups in total. The molecule has 0 saturated carbocycles. The Morgan fingerprint density at radius 1 is 1.06 bits per heavy atom. The van der Waals surface area contributed by atoms with Gasteiger partial charge in [-0.15, -0.1) is 0 Å². The minimum Gasteiger partial charge on any atom is -0.288 e. The summed E-state index contributed by atoms with van der Waals surface area (Å²) in [7, 11) is 0. The molecule has 2 rings (SSSR count). The summed E-state index contributed by atoms with van der Waals surface area (Å²) in [5.41, 5.74) is 2.31. The first-order valence-electron chi connectivity index (χ1n) is 5.44. The summed E-state index contributed by atoms with van der Waals surface area (Å²) in [5.74, 6) is -1.09. The van der Waals surface area contributed by atoms with Gasteiger partial charge in [-0.3, -0.25) is 20.2 Å². The smallest absolute Gasteiger partial charge is 0.288 e. The van der Waals surface area contributed by atoms with Crippen LogP contribution in [0.1, 0.15) is 18.1 Å². The highest BCUT2D eigenvalue weighted by molar-refractivity contribution is 6.45. The zero-order valence-electron chi connectivity index (χ0n) is 9.49. The van der Waals surface area contributed by atoms with Crippen molar-refractivity contribution in [1.82, 2.24) is 10.6 Å². The van der Waals surface area contributed by atoms with E-state index < -0.39 is 11.8 Å². The second kappa shape index (κ2) is 4.78. The van der Waals surface area contributed by atoms with Crippen LogP contribution in [0.15, 0.2) is 29.3 Å². The lowest BCUT2D eigenvalue weighted by Crippen LogP contribution is -2.25.